The topological polar surface area (TPSA) is 102 Å². The Balaban J connectivity index is 1.56. The van der Waals surface area contributed by atoms with Crippen LogP contribution in [0.2, 0.25) is 0 Å². The van der Waals surface area contributed by atoms with Gasteiger partial charge >= 0.3 is 0 Å². The molecule has 2 heterocycles. The highest BCUT2D eigenvalue weighted by Gasteiger charge is 2.33. The molecule has 1 fully saturated rings. The first-order valence-corrected chi connectivity index (χ1v) is 9.01. The zero-order valence-electron chi connectivity index (χ0n) is 15.5. The van der Waals surface area contributed by atoms with Gasteiger partial charge in [-0.3, -0.25) is 4.79 Å². The predicted molar refractivity (Wildman–Crippen MR) is 101 cm³/mol. The van der Waals surface area contributed by atoms with E-state index in [2.05, 4.69) is 29.4 Å². The van der Waals surface area contributed by atoms with Crippen molar-refractivity contribution < 1.29 is 9.90 Å². The molecular weight excluding hydrogens is 342 g/mol. The molecule has 1 saturated heterocycles. The zero-order valence-corrected chi connectivity index (χ0v) is 15.5. The van der Waals surface area contributed by atoms with Crippen LogP contribution in [0.5, 0.6) is 0 Å². The number of aliphatic hydroxyl groups is 1. The van der Waals surface area contributed by atoms with Gasteiger partial charge in [-0.15, -0.1) is 10.2 Å². The van der Waals surface area contributed by atoms with Gasteiger partial charge in [0.15, 0.2) is 11.5 Å². The number of aromatic nitrogens is 2. The van der Waals surface area contributed by atoms with Crippen LogP contribution in [0.3, 0.4) is 0 Å². The van der Waals surface area contributed by atoms with Crippen LogP contribution in [-0.4, -0.2) is 46.4 Å². The fourth-order valence-electron chi connectivity index (χ4n) is 3.13. The highest BCUT2D eigenvalue weighted by atomic mass is 16.3. The van der Waals surface area contributed by atoms with Crippen LogP contribution >= 0.6 is 0 Å². The molecule has 1 amide bonds. The molecule has 0 aliphatic carbocycles. The molecule has 2 aromatic rings. The summed E-state index contributed by atoms with van der Waals surface area (Å²) in [5.74, 6) is 0.913. The Bertz CT molecular complexity index is 827. The molecule has 1 aliphatic rings. The summed E-state index contributed by atoms with van der Waals surface area (Å²) in [6, 6.07) is 12.9. The van der Waals surface area contributed by atoms with Crippen molar-refractivity contribution in [1.82, 2.24) is 15.5 Å². The monoisotopic (exact) mass is 365 g/mol. The Kier molecular flexibility index (Phi) is 5.67. The molecule has 0 radical (unpaired) electrons. The molecule has 0 unspecified atom stereocenters. The quantitative estimate of drug-likeness (QED) is 0.830. The fraction of sp³-hybridized carbons (Fsp3) is 0.400. The Morgan fingerprint density at radius 2 is 2.00 bits per heavy atom. The van der Waals surface area contributed by atoms with Gasteiger partial charge in [0.25, 0.3) is 0 Å². The molecule has 1 aromatic heterocycles. The van der Waals surface area contributed by atoms with Gasteiger partial charge in [-0.1, -0.05) is 38.1 Å². The first kappa shape index (κ1) is 18.8. The van der Waals surface area contributed by atoms with Crippen molar-refractivity contribution in [3.63, 3.8) is 0 Å². The van der Waals surface area contributed by atoms with Gasteiger partial charge in [0.2, 0.25) is 5.91 Å². The number of nitrogens with zero attached hydrogens (tertiary/aromatic N) is 4. The Hall–Kier alpha value is -2.98. The fourth-order valence-corrected chi connectivity index (χ4v) is 3.13. The van der Waals surface area contributed by atoms with Gasteiger partial charge in [-0.25, -0.2) is 0 Å². The molecule has 0 saturated carbocycles. The van der Waals surface area contributed by atoms with Crippen molar-refractivity contribution >= 4 is 11.7 Å². The van der Waals surface area contributed by atoms with Crippen LogP contribution in [-0.2, 0) is 11.2 Å². The van der Waals surface area contributed by atoms with Crippen LogP contribution in [0.1, 0.15) is 36.6 Å². The van der Waals surface area contributed by atoms with E-state index in [0.717, 1.165) is 5.56 Å². The summed E-state index contributed by atoms with van der Waals surface area (Å²) in [5.41, 5.74) is 2.43. The molecule has 7 nitrogen and oxygen atoms in total. The number of β-amino-alcohol motifs (C(OH)–C–C–N with tert-alkyl or cyclic N) is 1. The minimum Gasteiger partial charge on any atom is -0.389 e. The predicted octanol–water partition coefficient (Wildman–Crippen LogP) is 1.38. The van der Waals surface area contributed by atoms with E-state index in [-0.39, 0.29) is 24.1 Å². The highest BCUT2D eigenvalue weighted by Crippen LogP contribution is 2.18. The average Bonchev–Trinajstić information content (AvgIpc) is 3.02. The number of rotatable bonds is 5. The lowest BCUT2D eigenvalue weighted by molar-refractivity contribution is -0.121. The summed E-state index contributed by atoms with van der Waals surface area (Å²) in [6.45, 7) is 5.06. The van der Waals surface area contributed by atoms with Gasteiger partial charge in [0, 0.05) is 13.1 Å². The summed E-state index contributed by atoms with van der Waals surface area (Å²) in [5, 5.41) is 29.8. The molecule has 0 bridgehead atoms. The average molecular weight is 365 g/mol. The first-order chi connectivity index (χ1) is 13.0. The van der Waals surface area contributed by atoms with E-state index in [1.807, 2.05) is 35.2 Å². The third-order valence-electron chi connectivity index (χ3n) is 4.74. The van der Waals surface area contributed by atoms with E-state index >= 15 is 0 Å². The van der Waals surface area contributed by atoms with Gasteiger partial charge in [-0.05, 0) is 29.2 Å². The van der Waals surface area contributed by atoms with Crippen LogP contribution in [0.25, 0.3) is 0 Å². The summed E-state index contributed by atoms with van der Waals surface area (Å²) >= 11 is 0. The number of benzene rings is 1. The summed E-state index contributed by atoms with van der Waals surface area (Å²) in [6.07, 6.45) is -0.409. The lowest BCUT2D eigenvalue weighted by Crippen LogP contribution is -2.43. The van der Waals surface area contributed by atoms with E-state index in [1.165, 1.54) is 5.56 Å². The smallest absolute Gasteiger partial charge is 0.224 e. The van der Waals surface area contributed by atoms with Crippen molar-refractivity contribution in [3.05, 3.63) is 53.2 Å². The van der Waals surface area contributed by atoms with Crippen molar-refractivity contribution in [1.29, 1.82) is 5.26 Å². The van der Waals surface area contributed by atoms with Crippen molar-refractivity contribution in [2.45, 2.75) is 38.3 Å². The van der Waals surface area contributed by atoms with Crippen LogP contribution in [0.4, 0.5) is 5.82 Å². The van der Waals surface area contributed by atoms with Crippen molar-refractivity contribution in [3.8, 4) is 6.07 Å². The maximum absolute atomic E-state index is 12.4. The van der Waals surface area contributed by atoms with Crippen LogP contribution in [0, 0.1) is 11.3 Å². The summed E-state index contributed by atoms with van der Waals surface area (Å²) in [4.78, 5) is 14.2. The number of nitriles is 1. The molecule has 1 aromatic carbocycles. The van der Waals surface area contributed by atoms with Crippen molar-refractivity contribution in [2.75, 3.05) is 18.0 Å². The summed E-state index contributed by atoms with van der Waals surface area (Å²) < 4.78 is 0. The second-order valence-corrected chi connectivity index (χ2v) is 7.11. The molecule has 1 aliphatic heterocycles. The van der Waals surface area contributed by atoms with Gasteiger partial charge in [0.05, 0.1) is 18.6 Å². The molecule has 3 rings (SSSR count). The number of carbonyl (C=O) groups is 1. The van der Waals surface area contributed by atoms with Gasteiger partial charge < -0.3 is 15.3 Å². The van der Waals surface area contributed by atoms with E-state index < -0.39 is 6.10 Å². The van der Waals surface area contributed by atoms with Crippen molar-refractivity contribution in [2.24, 2.45) is 0 Å². The van der Waals surface area contributed by atoms with E-state index in [4.69, 9.17) is 5.26 Å². The van der Waals surface area contributed by atoms with E-state index in [0.29, 0.717) is 24.8 Å². The SMILES string of the molecule is CC(C)c1ccc(CC(=O)N[C@H]2CN(c3ccc(C#N)nn3)C[C@@H]2O)cc1. The molecule has 7 heteroatoms. The number of aliphatic hydroxyl groups excluding tert-OH is 1. The summed E-state index contributed by atoms with van der Waals surface area (Å²) in [7, 11) is 0. The van der Waals surface area contributed by atoms with Gasteiger partial charge in [0.1, 0.15) is 6.07 Å². The lowest BCUT2D eigenvalue weighted by Gasteiger charge is -2.17. The zero-order chi connectivity index (χ0) is 19.4. The Morgan fingerprint density at radius 1 is 1.26 bits per heavy atom. The minimum absolute atomic E-state index is 0.121. The van der Waals surface area contributed by atoms with Gasteiger partial charge in [-0.2, -0.15) is 5.26 Å². The molecular formula is C20H23N5O2. The largest absolute Gasteiger partial charge is 0.389 e. The van der Waals surface area contributed by atoms with E-state index in [1.54, 1.807) is 12.1 Å². The van der Waals surface area contributed by atoms with E-state index in [9.17, 15) is 9.90 Å². The standard InChI is InChI=1S/C20H23N5O2/c1-13(2)15-5-3-14(4-6-15)9-20(27)22-17-11-25(12-18(17)26)19-8-7-16(10-21)23-24-19/h3-8,13,17-18,26H,9,11-12H2,1-2H3,(H,22,27)/t17-,18-/m0/s1. The molecule has 0 spiro atoms. The molecule has 2 N–H and O–H groups in total. The number of carbonyl (C=O) groups excluding carboxylic acids is 1. The maximum atomic E-state index is 12.4. The highest BCUT2D eigenvalue weighted by molar-refractivity contribution is 5.79. The molecule has 140 valence electrons. The number of amides is 1. The molecule has 2 atom stereocenters. The third-order valence-corrected chi connectivity index (χ3v) is 4.74. The number of anilines is 1. The first-order valence-electron chi connectivity index (χ1n) is 9.01. The second-order valence-electron chi connectivity index (χ2n) is 7.11. The number of hydrogen-bond donors (Lipinski definition) is 2. The maximum Gasteiger partial charge on any atom is 0.224 e. The molecule has 27 heavy (non-hydrogen) atoms. The minimum atomic E-state index is -0.685. The second kappa shape index (κ2) is 8.14. The third kappa shape index (κ3) is 4.60. The number of hydrogen-bond acceptors (Lipinski definition) is 6. The normalized spacial score (nSPS) is 19.1. The Labute approximate surface area is 158 Å². The Morgan fingerprint density at radius 3 is 2.59 bits per heavy atom. The number of nitrogens with one attached hydrogen (secondary N) is 1. The van der Waals surface area contributed by atoms with Crippen LogP contribution < -0.4 is 10.2 Å². The lowest BCUT2D eigenvalue weighted by atomic mass is 10.0. The van der Waals surface area contributed by atoms with Crippen LogP contribution in [0.15, 0.2) is 36.4 Å².